The predicted molar refractivity (Wildman–Crippen MR) is 148 cm³/mol. The molecule has 4 aromatic rings. The SMILES string of the molecule is C[N+](C)(C(=O)Cn1nc(-c2ccc(Cl)cc2)n(Cc2ccccc2F)c1=O)[C@@H](Cc1ccccc1C(F)(F)F)C(N)=O. The van der Waals surface area contributed by atoms with Gasteiger partial charge >= 0.3 is 17.8 Å². The fourth-order valence-electron chi connectivity index (χ4n) is 4.61. The summed E-state index contributed by atoms with van der Waals surface area (Å²) in [7, 11) is 2.66. The lowest BCUT2D eigenvalue weighted by atomic mass is 9.97. The summed E-state index contributed by atoms with van der Waals surface area (Å²) in [5.41, 5.74) is 4.36. The number of halogens is 5. The molecule has 1 aromatic heterocycles. The van der Waals surface area contributed by atoms with E-state index in [4.69, 9.17) is 17.3 Å². The summed E-state index contributed by atoms with van der Waals surface area (Å²) in [4.78, 5) is 39.6. The fourth-order valence-corrected chi connectivity index (χ4v) is 4.74. The Bertz CT molecular complexity index is 1680. The van der Waals surface area contributed by atoms with Crippen LogP contribution in [0.15, 0.2) is 77.6 Å². The van der Waals surface area contributed by atoms with E-state index in [2.05, 4.69) is 5.10 Å². The van der Waals surface area contributed by atoms with Crippen molar-refractivity contribution in [2.75, 3.05) is 14.1 Å². The number of carbonyl (C=O) groups is 2. The number of aromatic nitrogens is 3. The Balaban J connectivity index is 1.70. The highest BCUT2D eigenvalue weighted by molar-refractivity contribution is 6.30. The molecule has 0 bridgehead atoms. The quantitative estimate of drug-likeness (QED) is 0.228. The van der Waals surface area contributed by atoms with Crippen LogP contribution in [0.3, 0.4) is 0 Å². The van der Waals surface area contributed by atoms with Crippen LogP contribution in [-0.4, -0.2) is 50.8 Å². The van der Waals surface area contributed by atoms with E-state index in [9.17, 15) is 31.9 Å². The molecule has 3 aromatic carbocycles. The zero-order valence-corrected chi connectivity index (χ0v) is 23.4. The molecule has 2 amide bonds. The second kappa shape index (κ2) is 11.9. The van der Waals surface area contributed by atoms with Gasteiger partial charge in [0.25, 0.3) is 5.91 Å². The van der Waals surface area contributed by atoms with E-state index in [-0.39, 0.29) is 23.5 Å². The van der Waals surface area contributed by atoms with Crippen molar-refractivity contribution in [2.45, 2.75) is 31.7 Å². The molecule has 220 valence electrons. The molecule has 42 heavy (non-hydrogen) atoms. The number of amides is 2. The first-order valence-corrected chi connectivity index (χ1v) is 13.1. The molecule has 0 aliphatic carbocycles. The van der Waals surface area contributed by atoms with Gasteiger partial charge in [0.2, 0.25) is 0 Å². The van der Waals surface area contributed by atoms with Crippen molar-refractivity contribution in [3.05, 3.63) is 111 Å². The van der Waals surface area contributed by atoms with Crippen LogP contribution in [0.25, 0.3) is 11.4 Å². The first kappa shape index (κ1) is 30.7. The number of likely N-dealkylation sites (N-methyl/N-ethyl adjacent to an activating group) is 1. The van der Waals surface area contributed by atoms with Crippen molar-refractivity contribution in [3.8, 4) is 11.4 Å². The summed E-state index contributed by atoms with van der Waals surface area (Å²) < 4.78 is 56.6. The monoisotopic (exact) mass is 604 g/mol. The van der Waals surface area contributed by atoms with Gasteiger partial charge in [0.15, 0.2) is 18.4 Å². The molecule has 0 fully saturated rings. The lowest BCUT2D eigenvalue weighted by molar-refractivity contribution is -0.831. The highest BCUT2D eigenvalue weighted by Crippen LogP contribution is 2.33. The Kier molecular flexibility index (Phi) is 8.69. The fraction of sp³-hybridized carbons (Fsp3) is 0.241. The largest absolute Gasteiger partial charge is 0.416 e. The van der Waals surface area contributed by atoms with E-state index >= 15 is 0 Å². The lowest BCUT2D eigenvalue weighted by Crippen LogP contribution is -2.60. The number of nitrogens with two attached hydrogens (primary N) is 1. The van der Waals surface area contributed by atoms with E-state index < -0.39 is 58.6 Å². The van der Waals surface area contributed by atoms with Crippen LogP contribution in [0.1, 0.15) is 16.7 Å². The smallest absolute Gasteiger partial charge is 0.364 e. The Labute approximate surface area is 243 Å². The molecule has 8 nitrogen and oxygen atoms in total. The molecule has 0 spiro atoms. The molecule has 0 aliphatic rings. The average Bonchev–Trinajstić information content (AvgIpc) is 3.22. The first-order valence-electron chi connectivity index (χ1n) is 12.7. The molecule has 1 atom stereocenters. The van der Waals surface area contributed by atoms with Crippen LogP contribution in [-0.2, 0) is 35.3 Å². The van der Waals surface area contributed by atoms with Gasteiger partial charge in [-0.3, -0.25) is 13.8 Å². The van der Waals surface area contributed by atoms with Crippen LogP contribution in [0, 0.1) is 5.82 Å². The third-order valence-corrected chi connectivity index (χ3v) is 7.33. The van der Waals surface area contributed by atoms with Crippen LogP contribution >= 0.6 is 11.6 Å². The molecule has 13 heteroatoms. The average molecular weight is 605 g/mol. The zero-order valence-electron chi connectivity index (χ0n) is 22.6. The maximum Gasteiger partial charge on any atom is 0.416 e. The van der Waals surface area contributed by atoms with Gasteiger partial charge in [0.05, 0.1) is 26.2 Å². The Morgan fingerprint density at radius 1 is 0.976 bits per heavy atom. The van der Waals surface area contributed by atoms with Gasteiger partial charge in [0.1, 0.15) is 5.82 Å². The number of hydrogen-bond acceptors (Lipinski definition) is 4. The molecule has 0 saturated heterocycles. The number of primary amides is 1. The zero-order chi connectivity index (χ0) is 30.8. The number of rotatable bonds is 9. The number of alkyl halides is 3. The third-order valence-electron chi connectivity index (χ3n) is 7.08. The van der Waals surface area contributed by atoms with Crippen LogP contribution < -0.4 is 11.4 Å². The lowest BCUT2D eigenvalue weighted by Gasteiger charge is -2.34. The highest BCUT2D eigenvalue weighted by atomic mass is 35.5. The Hall–Kier alpha value is -4.29. The molecular weight excluding hydrogens is 578 g/mol. The van der Waals surface area contributed by atoms with E-state index in [1.165, 1.54) is 55.1 Å². The second-order valence-corrected chi connectivity index (χ2v) is 10.6. The van der Waals surface area contributed by atoms with E-state index in [0.29, 0.717) is 10.6 Å². The molecular formula is C29H27ClF4N5O3+. The van der Waals surface area contributed by atoms with Gasteiger partial charge in [-0.15, -0.1) is 5.10 Å². The van der Waals surface area contributed by atoms with E-state index in [1.807, 2.05) is 0 Å². The highest BCUT2D eigenvalue weighted by Gasteiger charge is 2.42. The van der Waals surface area contributed by atoms with E-state index in [0.717, 1.165) is 10.7 Å². The van der Waals surface area contributed by atoms with Crippen molar-refractivity contribution >= 4 is 23.4 Å². The van der Waals surface area contributed by atoms with Gasteiger partial charge in [-0.1, -0.05) is 48.0 Å². The topological polar surface area (TPSA) is 100.0 Å². The summed E-state index contributed by atoms with van der Waals surface area (Å²) >= 11 is 6.00. The number of quaternary nitrogens is 1. The maximum absolute atomic E-state index is 14.5. The summed E-state index contributed by atoms with van der Waals surface area (Å²) in [6.45, 7) is -0.838. The number of nitrogens with zero attached hydrogens (tertiary/aromatic N) is 4. The molecule has 0 unspecified atom stereocenters. The minimum absolute atomic E-state index is 0.128. The van der Waals surface area contributed by atoms with Gasteiger partial charge in [-0.05, 0) is 42.0 Å². The minimum Gasteiger partial charge on any atom is -0.364 e. The Morgan fingerprint density at radius 2 is 1.57 bits per heavy atom. The molecule has 2 N–H and O–H groups in total. The predicted octanol–water partition coefficient (Wildman–Crippen LogP) is 4.27. The van der Waals surface area contributed by atoms with Gasteiger partial charge in [-0.25, -0.2) is 14.0 Å². The van der Waals surface area contributed by atoms with Gasteiger partial charge in [0, 0.05) is 22.6 Å². The second-order valence-electron chi connectivity index (χ2n) is 10.2. The van der Waals surface area contributed by atoms with Gasteiger partial charge < -0.3 is 5.73 Å². The van der Waals surface area contributed by atoms with Crippen molar-refractivity contribution in [2.24, 2.45) is 5.73 Å². The normalized spacial score (nSPS) is 12.7. The summed E-state index contributed by atoms with van der Waals surface area (Å²) in [5.74, 6) is -2.13. The maximum atomic E-state index is 14.5. The van der Waals surface area contributed by atoms with Crippen LogP contribution in [0.2, 0.25) is 5.02 Å². The first-order chi connectivity index (χ1) is 19.7. The third kappa shape index (κ3) is 6.44. The number of hydrogen-bond donors (Lipinski definition) is 1. The molecule has 0 radical (unpaired) electrons. The van der Waals surface area contributed by atoms with Crippen molar-refractivity contribution in [3.63, 3.8) is 0 Å². The molecule has 0 saturated carbocycles. The molecule has 4 rings (SSSR count). The summed E-state index contributed by atoms with van der Waals surface area (Å²) in [6, 6.07) is 15.6. The number of carbonyl (C=O) groups excluding carboxylic acids is 2. The van der Waals surface area contributed by atoms with Gasteiger partial charge in [-0.2, -0.15) is 17.9 Å². The molecule has 1 heterocycles. The molecule has 0 aliphatic heterocycles. The summed E-state index contributed by atoms with van der Waals surface area (Å²) in [5, 5.41) is 4.76. The van der Waals surface area contributed by atoms with Crippen LogP contribution in [0.4, 0.5) is 17.6 Å². The Morgan fingerprint density at radius 3 is 2.17 bits per heavy atom. The minimum atomic E-state index is -4.68. The number of benzene rings is 3. The van der Waals surface area contributed by atoms with Crippen molar-refractivity contribution < 1.29 is 31.6 Å². The van der Waals surface area contributed by atoms with Crippen LogP contribution in [0.5, 0.6) is 0 Å². The van der Waals surface area contributed by atoms with E-state index in [1.54, 1.807) is 30.3 Å². The summed E-state index contributed by atoms with van der Waals surface area (Å²) in [6.07, 6.45) is -5.16. The van der Waals surface area contributed by atoms with Crippen molar-refractivity contribution in [1.82, 2.24) is 14.3 Å². The van der Waals surface area contributed by atoms with Crippen molar-refractivity contribution in [1.29, 1.82) is 0 Å². The standard InChI is InChI=1S/C29H26ClF4N5O3/c1-39(2,24(26(35)41)15-19-7-3-5-9-22(19)29(32,33)34)25(40)17-38-28(42)37(16-20-8-4-6-10-23(20)31)27(36-38)18-11-13-21(30)14-12-18/h3-14,24H,15-17H2,1-2H3,(H-,35,41)/p+1/t24-/m0/s1.